The lowest BCUT2D eigenvalue weighted by Gasteiger charge is -2.34. The maximum Gasteiger partial charge on any atom is 0.238 e. The van der Waals surface area contributed by atoms with Gasteiger partial charge in [0.1, 0.15) is 0 Å². The molecule has 2 aliphatic heterocycles. The Morgan fingerprint density at radius 1 is 1.47 bits per heavy atom. The molecule has 4 heteroatoms. The fourth-order valence-electron chi connectivity index (χ4n) is 2.88. The van der Waals surface area contributed by atoms with Crippen molar-refractivity contribution >= 4 is 5.91 Å². The summed E-state index contributed by atoms with van der Waals surface area (Å²) in [5.74, 6) is 1.36. The fourth-order valence-corrected chi connectivity index (χ4v) is 2.88. The lowest BCUT2D eigenvalue weighted by molar-refractivity contribution is -0.131. The lowest BCUT2D eigenvalue weighted by Crippen LogP contribution is -2.47. The minimum Gasteiger partial charge on any atom is -0.381 e. The van der Waals surface area contributed by atoms with Crippen molar-refractivity contribution < 1.29 is 9.53 Å². The van der Waals surface area contributed by atoms with Gasteiger partial charge in [0.2, 0.25) is 5.91 Å². The Labute approximate surface area is 104 Å². The predicted octanol–water partition coefficient (Wildman–Crippen LogP) is 1.22. The number of hydrogen-bond donors (Lipinski definition) is 1. The molecule has 17 heavy (non-hydrogen) atoms. The van der Waals surface area contributed by atoms with E-state index in [2.05, 4.69) is 31.0 Å². The summed E-state index contributed by atoms with van der Waals surface area (Å²) in [4.78, 5) is 14.0. The third-order valence-corrected chi connectivity index (χ3v) is 3.89. The Morgan fingerprint density at radius 2 is 2.24 bits per heavy atom. The van der Waals surface area contributed by atoms with Gasteiger partial charge < -0.3 is 9.64 Å². The van der Waals surface area contributed by atoms with E-state index >= 15 is 0 Å². The van der Waals surface area contributed by atoms with Crippen molar-refractivity contribution in [1.29, 1.82) is 0 Å². The molecule has 2 heterocycles. The molecule has 1 N–H and O–H groups in total. The number of carbonyl (C=O) groups excluding carboxylic acids is 1. The molecule has 0 spiro atoms. The second-order valence-electron chi connectivity index (χ2n) is 5.69. The molecule has 0 radical (unpaired) electrons. The summed E-state index contributed by atoms with van der Waals surface area (Å²) in [7, 11) is 0. The Bertz CT molecular complexity index is 275. The quantitative estimate of drug-likeness (QED) is 0.803. The molecule has 3 atom stereocenters. The summed E-state index contributed by atoms with van der Waals surface area (Å²) >= 11 is 0. The van der Waals surface area contributed by atoms with Crippen molar-refractivity contribution in [2.24, 2.45) is 11.8 Å². The fraction of sp³-hybridized carbons (Fsp3) is 0.923. The van der Waals surface area contributed by atoms with Crippen LogP contribution in [-0.2, 0) is 9.53 Å². The number of rotatable bonds is 4. The molecule has 0 bridgehead atoms. The first kappa shape index (κ1) is 12.8. The van der Waals surface area contributed by atoms with Gasteiger partial charge in [-0.25, -0.2) is 0 Å². The molecule has 4 nitrogen and oxygen atoms in total. The third kappa shape index (κ3) is 2.80. The molecular formula is C13H24N2O2. The number of carbonyl (C=O) groups is 1. The summed E-state index contributed by atoms with van der Waals surface area (Å²) in [5, 5.41) is 3.33. The van der Waals surface area contributed by atoms with E-state index < -0.39 is 0 Å². The highest BCUT2D eigenvalue weighted by Gasteiger charge is 2.38. The molecule has 2 saturated heterocycles. The molecule has 1 amide bonds. The molecule has 98 valence electrons. The van der Waals surface area contributed by atoms with E-state index in [0.717, 1.165) is 26.1 Å². The van der Waals surface area contributed by atoms with Crippen LogP contribution in [-0.4, -0.2) is 42.8 Å². The Balaban J connectivity index is 2.01. The number of ether oxygens (including phenoxy) is 1. The highest BCUT2D eigenvalue weighted by molar-refractivity contribution is 5.81. The molecule has 0 aromatic heterocycles. The summed E-state index contributed by atoms with van der Waals surface area (Å²) in [5.41, 5.74) is 0. The topological polar surface area (TPSA) is 41.6 Å². The van der Waals surface area contributed by atoms with Gasteiger partial charge in [-0.1, -0.05) is 13.8 Å². The van der Waals surface area contributed by atoms with Crippen LogP contribution >= 0.6 is 0 Å². The van der Waals surface area contributed by atoms with Crippen LogP contribution in [0.25, 0.3) is 0 Å². The summed E-state index contributed by atoms with van der Waals surface area (Å²) < 4.78 is 5.43. The second-order valence-corrected chi connectivity index (χ2v) is 5.69. The van der Waals surface area contributed by atoms with Crippen LogP contribution in [0.15, 0.2) is 0 Å². The van der Waals surface area contributed by atoms with Crippen molar-refractivity contribution in [3.63, 3.8) is 0 Å². The van der Waals surface area contributed by atoms with Gasteiger partial charge in [0.05, 0.1) is 19.3 Å². The number of hydrogen-bond acceptors (Lipinski definition) is 3. The zero-order valence-electron chi connectivity index (χ0n) is 11.1. The van der Waals surface area contributed by atoms with Gasteiger partial charge >= 0.3 is 0 Å². The van der Waals surface area contributed by atoms with E-state index in [1.54, 1.807) is 0 Å². The zero-order valence-corrected chi connectivity index (χ0v) is 11.1. The zero-order chi connectivity index (χ0) is 12.4. The standard InChI is InChI=1S/C13H24N2O2/c1-9(2)6-12-14-7-13(16)15(12)10(3)11-4-5-17-8-11/h9-12,14H,4-8H2,1-3H3. The van der Waals surface area contributed by atoms with Crippen LogP contribution in [0.5, 0.6) is 0 Å². The summed E-state index contributed by atoms with van der Waals surface area (Å²) in [6.07, 6.45) is 2.33. The maximum absolute atomic E-state index is 12.0. The normalized spacial score (nSPS) is 31.5. The Kier molecular flexibility index (Phi) is 4.05. The average molecular weight is 240 g/mol. The highest BCUT2D eigenvalue weighted by atomic mass is 16.5. The Morgan fingerprint density at radius 3 is 2.82 bits per heavy atom. The largest absolute Gasteiger partial charge is 0.381 e. The molecule has 2 aliphatic rings. The number of nitrogens with zero attached hydrogens (tertiary/aromatic N) is 1. The van der Waals surface area contributed by atoms with E-state index in [4.69, 9.17) is 4.74 Å². The second kappa shape index (κ2) is 5.36. The molecule has 2 rings (SSSR count). The van der Waals surface area contributed by atoms with Gasteiger partial charge in [0.15, 0.2) is 0 Å². The average Bonchev–Trinajstić information content (AvgIpc) is 2.87. The lowest BCUT2D eigenvalue weighted by atomic mass is 9.97. The van der Waals surface area contributed by atoms with Crippen LogP contribution in [0.4, 0.5) is 0 Å². The van der Waals surface area contributed by atoms with Crippen molar-refractivity contribution in [2.75, 3.05) is 19.8 Å². The van der Waals surface area contributed by atoms with Crippen LogP contribution in [0, 0.1) is 11.8 Å². The maximum atomic E-state index is 12.0. The minimum absolute atomic E-state index is 0.220. The third-order valence-electron chi connectivity index (χ3n) is 3.89. The van der Waals surface area contributed by atoms with E-state index in [1.165, 1.54) is 0 Å². The van der Waals surface area contributed by atoms with Gasteiger partial charge in [-0.05, 0) is 25.7 Å². The van der Waals surface area contributed by atoms with Crippen LogP contribution in [0.2, 0.25) is 0 Å². The van der Waals surface area contributed by atoms with Crippen molar-refractivity contribution in [3.05, 3.63) is 0 Å². The van der Waals surface area contributed by atoms with Crippen LogP contribution < -0.4 is 5.32 Å². The summed E-state index contributed by atoms with van der Waals surface area (Å²) in [6, 6.07) is 0.295. The number of amides is 1. The van der Waals surface area contributed by atoms with Crippen molar-refractivity contribution in [1.82, 2.24) is 10.2 Å². The SMILES string of the molecule is CC(C)CC1NCC(=O)N1C(C)C1CCOC1. The smallest absolute Gasteiger partial charge is 0.238 e. The molecule has 0 aliphatic carbocycles. The van der Waals surface area contributed by atoms with Gasteiger partial charge in [-0.2, -0.15) is 0 Å². The van der Waals surface area contributed by atoms with Gasteiger partial charge in [0, 0.05) is 18.6 Å². The van der Waals surface area contributed by atoms with Crippen LogP contribution in [0.1, 0.15) is 33.6 Å². The predicted molar refractivity (Wildman–Crippen MR) is 66.5 cm³/mol. The first-order chi connectivity index (χ1) is 8.09. The van der Waals surface area contributed by atoms with Crippen molar-refractivity contribution in [2.45, 2.75) is 45.8 Å². The van der Waals surface area contributed by atoms with Crippen molar-refractivity contribution in [3.8, 4) is 0 Å². The van der Waals surface area contributed by atoms with E-state index in [1.807, 2.05) is 0 Å². The van der Waals surface area contributed by atoms with Gasteiger partial charge in [-0.15, -0.1) is 0 Å². The summed E-state index contributed by atoms with van der Waals surface area (Å²) in [6.45, 7) is 8.71. The molecule has 0 aromatic carbocycles. The minimum atomic E-state index is 0.220. The number of nitrogens with one attached hydrogen (secondary N) is 1. The Hall–Kier alpha value is -0.610. The van der Waals surface area contributed by atoms with E-state index in [9.17, 15) is 4.79 Å². The highest BCUT2D eigenvalue weighted by Crippen LogP contribution is 2.25. The first-order valence-electron chi connectivity index (χ1n) is 6.72. The van der Waals surface area contributed by atoms with Gasteiger partial charge in [-0.3, -0.25) is 10.1 Å². The molecule has 3 unspecified atom stereocenters. The molecule has 0 aromatic rings. The molecule has 2 fully saturated rings. The molecule has 0 saturated carbocycles. The van der Waals surface area contributed by atoms with Gasteiger partial charge in [0.25, 0.3) is 0 Å². The van der Waals surface area contributed by atoms with E-state index in [-0.39, 0.29) is 12.1 Å². The van der Waals surface area contributed by atoms with Crippen LogP contribution in [0.3, 0.4) is 0 Å². The monoisotopic (exact) mass is 240 g/mol. The molecular weight excluding hydrogens is 216 g/mol. The van der Waals surface area contributed by atoms with E-state index in [0.29, 0.717) is 24.4 Å². The first-order valence-corrected chi connectivity index (χ1v) is 6.72.